The van der Waals surface area contributed by atoms with Crippen LogP contribution in [-0.2, 0) is 9.53 Å². The van der Waals surface area contributed by atoms with E-state index in [1.165, 1.54) is 0 Å². The van der Waals surface area contributed by atoms with E-state index >= 15 is 0 Å². The fraction of sp³-hybridized carbons (Fsp3) is 0.350. The lowest BCUT2D eigenvalue weighted by Crippen LogP contribution is -2.27. The summed E-state index contributed by atoms with van der Waals surface area (Å²) in [7, 11) is -2.88. The minimum absolute atomic E-state index is 0.165. The van der Waals surface area contributed by atoms with Gasteiger partial charge in [0.15, 0.2) is 6.61 Å². The zero-order valence-electron chi connectivity index (χ0n) is 15.5. The van der Waals surface area contributed by atoms with Crippen molar-refractivity contribution in [1.29, 1.82) is 0 Å². The Bertz CT molecular complexity index is 815. The normalized spacial score (nSPS) is 19.2. The van der Waals surface area contributed by atoms with E-state index in [0.717, 1.165) is 10.5 Å². The van der Waals surface area contributed by atoms with Crippen LogP contribution in [-0.4, -0.2) is 33.0 Å². The summed E-state index contributed by atoms with van der Waals surface area (Å²) in [5, 5.41) is -0.165. The van der Waals surface area contributed by atoms with Gasteiger partial charge >= 0.3 is 5.97 Å². The molecule has 1 unspecified atom stereocenters. The predicted molar refractivity (Wildman–Crippen MR) is 109 cm³/mol. The van der Waals surface area contributed by atoms with Crippen molar-refractivity contribution >= 4 is 28.3 Å². The van der Waals surface area contributed by atoms with E-state index in [-0.39, 0.29) is 17.6 Å². The number of fused-ring (bicyclic) bond motifs is 1. The zero-order valence-corrected chi connectivity index (χ0v) is 17.2. The molecule has 27 heavy (non-hydrogen) atoms. The molecule has 7 heteroatoms. The van der Waals surface area contributed by atoms with Crippen LogP contribution in [0.2, 0.25) is 0 Å². The fourth-order valence-electron chi connectivity index (χ4n) is 2.90. The zero-order chi connectivity index (χ0) is 19.7. The second-order valence-electron chi connectivity index (χ2n) is 7.30. The molecule has 2 aromatic rings. The van der Waals surface area contributed by atoms with Crippen molar-refractivity contribution in [2.24, 2.45) is 0 Å². The van der Waals surface area contributed by atoms with E-state index in [1.807, 2.05) is 30.3 Å². The molecule has 0 aliphatic carbocycles. The van der Waals surface area contributed by atoms with Crippen molar-refractivity contribution in [3.05, 3.63) is 54.1 Å². The molecule has 1 aliphatic heterocycles. The van der Waals surface area contributed by atoms with E-state index < -0.39 is 22.2 Å². The van der Waals surface area contributed by atoms with Crippen LogP contribution in [0.25, 0.3) is 0 Å². The molecule has 0 radical (unpaired) electrons. The molecule has 0 spiro atoms. The summed E-state index contributed by atoms with van der Waals surface area (Å²) in [5.41, 5.74) is 0.162. The SMILES string of the molecule is CC(C)(C)OC(=O)COc1cccc2c1C(Sc1ccccc1)CS2(O)O. The Hall–Kier alpha value is -1.67. The maximum Gasteiger partial charge on any atom is 0.344 e. The first kappa shape index (κ1) is 20.1. The van der Waals surface area contributed by atoms with Gasteiger partial charge in [0.25, 0.3) is 0 Å². The van der Waals surface area contributed by atoms with E-state index in [9.17, 15) is 13.9 Å². The van der Waals surface area contributed by atoms with Crippen LogP contribution in [0, 0.1) is 0 Å². The highest BCUT2D eigenvalue weighted by Crippen LogP contribution is 2.64. The van der Waals surface area contributed by atoms with Crippen molar-refractivity contribution in [2.45, 2.75) is 41.4 Å². The Morgan fingerprint density at radius 1 is 1.15 bits per heavy atom. The van der Waals surface area contributed by atoms with Gasteiger partial charge in [0.2, 0.25) is 0 Å². The lowest BCUT2D eigenvalue weighted by atomic mass is 10.1. The third kappa shape index (κ3) is 4.99. The number of hydrogen-bond donors (Lipinski definition) is 2. The number of esters is 1. The van der Waals surface area contributed by atoms with Crippen LogP contribution in [0.1, 0.15) is 31.6 Å². The lowest BCUT2D eigenvalue weighted by molar-refractivity contribution is -0.157. The number of rotatable bonds is 5. The Balaban J connectivity index is 1.83. The second-order valence-corrected chi connectivity index (χ2v) is 10.7. The molecule has 0 fully saturated rings. The van der Waals surface area contributed by atoms with Crippen molar-refractivity contribution in [3.63, 3.8) is 0 Å². The van der Waals surface area contributed by atoms with Gasteiger partial charge in [-0.15, -0.1) is 11.8 Å². The van der Waals surface area contributed by atoms with Crippen molar-refractivity contribution in [3.8, 4) is 5.75 Å². The van der Waals surface area contributed by atoms with Crippen LogP contribution < -0.4 is 4.74 Å². The van der Waals surface area contributed by atoms with Gasteiger partial charge in [-0.05, 0) is 45.0 Å². The van der Waals surface area contributed by atoms with E-state index in [2.05, 4.69) is 0 Å². The summed E-state index contributed by atoms with van der Waals surface area (Å²) in [5.74, 6) is 0.260. The first-order valence-corrected chi connectivity index (χ1v) is 11.2. The third-order valence-corrected chi connectivity index (χ3v) is 7.17. The van der Waals surface area contributed by atoms with Gasteiger partial charge in [0.05, 0.1) is 15.9 Å². The van der Waals surface area contributed by atoms with Crippen LogP contribution >= 0.6 is 22.4 Å². The fourth-order valence-corrected chi connectivity index (χ4v) is 6.48. The molecular weight excluding hydrogens is 384 g/mol. The van der Waals surface area contributed by atoms with Gasteiger partial charge in [-0.25, -0.2) is 4.79 Å². The van der Waals surface area contributed by atoms with Gasteiger partial charge in [0, 0.05) is 10.5 Å². The molecule has 2 aromatic carbocycles. The topological polar surface area (TPSA) is 76.0 Å². The van der Waals surface area contributed by atoms with Crippen molar-refractivity contribution in [2.75, 3.05) is 12.4 Å². The van der Waals surface area contributed by atoms with Crippen LogP contribution in [0.4, 0.5) is 0 Å². The molecule has 2 N–H and O–H groups in total. The molecule has 1 heterocycles. The van der Waals surface area contributed by atoms with Crippen LogP contribution in [0.5, 0.6) is 5.75 Å². The quantitative estimate of drug-likeness (QED) is 0.648. The van der Waals surface area contributed by atoms with Gasteiger partial charge < -0.3 is 9.47 Å². The predicted octanol–water partition coefficient (Wildman–Crippen LogP) is 5.36. The summed E-state index contributed by atoms with van der Waals surface area (Å²) in [6, 6.07) is 15.0. The molecule has 0 aromatic heterocycles. The van der Waals surface area contributed by atoms with Gasteiger partial charge in [-0.2, -0.15) is 10.6 Å². The first-order chi connectivity index (χ1) is 12.7. The smallest absolute Gasteiger partial charge is 0.344 e. The molecular formula is C20H24O5S2. The molecule has 0 bridgehead atoms. The standard InChI is InChI=1S/C20H24O5S2/c1-20(2,3)25-18(21)12-24-15-10-7-11-17-19(15)16(13-27(17,22)23)26-14-8-5-4-6-9-14/h4-11,16,22-23H,12-13H2,1-3H3. The molecule has 3 rings (SSSR count). The van der Waals surface area contributed by atoms with E-state index in [0.29, 0.717) is 10.6 Å². The van der Waals surface area contributed by atoms with Crippen LogP contribution in [0.15, 0.2) is 58.3 Å². The molecule has 5 nitrogen and oxygen atoms in total. The number of ether oxygens (including phenoxy) is 2. The molecule has 1 atom stereocenters. The second kappa shape index (κ2) is 7.75. The molecule has 1 aliphatic rings. The number of carbonyl (C=O) groups is 1. The van der Waals surface area contributed by atoms with Crippen molar-refractivity contribution < 1.29 is 23.4 Å². The Morgan fingerprint density at radius 2 is 1.85 bits per heavy atom. The molecule has 0 amide bonds. The highest BCUT2D eigenvalue weighted by Gasteiger charge is 2.38. The summed E-state index contributed by atoms with van der Waals surface area (Å²) >= 11 is 1.56. The maximum absolute atomic E-state index is 12.0. The number of hydrogen-bond acceptors (Lipinski definition) is 6. The Kier molecular flexibility index (Phi) is 5.76. The summed E-state index contributed by atoms with van der Waals surface area (Å²) in [6.45, 7) is 5.17. The monoisotopic (exact) mass is 408 g/mol. The molecule has 0 saturated heterocycles. The minimum Gasteiger partial charge on any atom is -0.482 e. The largest absolute Gasteiger partial charge is 0.482 e. The number of carbonyl (C=O) groups excluding carboxylic acids is 1. The third-order valence-electron chi connectivity index (χ3n) is 3.87. The summed E-state index contributed by atoms with van der Waals surface area (Å²) in [6.07, 6.45) is 0. The van der Waals surface area contributed by atoms with Gasteiger partial charge in [-0.1, -0.05) is 24.3 Å². The highest BCUT2D eigenvalue weighted by atomic mass is 32.3. The minimum atomic E-state index is -2.88. The van der Waals surface area contributed by atoms with E-state index in [1.54, 1.807) is 50.7 Å². The van der Waals surface area contributed by atoms with E-state index in [4.69, 9.17) is 9.47 Å². The number of benzene rings is 2. The highest BCUT2D eigenvalue weighted by molar-refractivity contribution is 8.25. The summed E-state index contributed by atoms with van der Waals surface area (Å²) < 4.78 is 32.1. The van der Waals surface area contributed by atoms with Gasteiger partial charge in [-0.3, -0.25) is 9.11 Å². The average molecular weight is 409 g/mol. The lowest BCUT2D eigenvalue weighted by Gasteiger charge is -2.27. The Labute approximate surface area is 165 Å². The Morgan fingerprint density at radius 3 is 2.52 bits per heavy atom. The first-order valence-electron chi connectivity index (χ1n) is 8.61. The van der Waals surface area contributed by atoms with Crippen molar-refractivity contribution in [1.82, 2.24) is 0 Å². The molecule has 0 saturated carbocycles. The molecule has 146 valence electrons. The summed E-state index contributed by atoms with van der Waals surface area (Å²) in [4.78, 5) is 13.5. The number of thioether (sulfide) groups is 1. The van der Waals surface area contributed by atoms with Crippen LogP contribution in [0.3, 0.4) is 0 Å². The average Bonchev–Trinajstić information content (AvgIpc) is 2.83. The maximum atomic E-state index is 12.0. The van der Waals surface area contributed by atoms with Gasteiger partial charge in [0.1, 0.15) is 11.4 Å².